The fraction of sp³-hybridized carbons (Fsp3) is 0.0556. The van der Waals surface area contributed by atoms with Gasteiger partial charge in [-0.15, -0.1) is 0 Å². The summed E-state index contributed by atoms with van der Waals surface area (Å²) in [5.74, 6) is -1.28. The predicted octanol–water partition coefficient (Wildman–Crippen LogP) is 3.02. The molecule has 2 amide bonds. The van der Waals surface area contributed by atoms with Gasteiger partial charge < -0.3 is 16.0 Å². The number of rotatable bonds is 5. The second-order valence-electron chi connectivity index (χ2n) is 5.46. The second kappa shape index (κ2) is 8.40. The minimum absolute atomic E-state index is 0.0487. The molecule has 28 heavy (non-hydrogen) atoms. The monoisotopic (exact) mass is 400 g/mol. The first-order valence-corrected chi connectivity index (χ1v) is 8.38. The highest BCUT2D eigenvalue weighted by Crippen LogP contribution is 2.24. The Morgan fingerprint density at radius 1 is 1.11 bits per heavy atom. The van der Waals surface area contributed by atoms with Gasteiger partial charge in [0.1, 0.15) is 23.8 Å². The van der Waals surface area contributed by atoms with E-state index in [0.29, 0.717) is 11.6 Å². The average Bonchev–Trinajstić information content (AvgIpc) is 2.68. The molecular formula is C18H14ClFN6O2. The summed E-state index contributed by atoms with van der Waals surface area (Å²) in [6.45, 7) is 0. The van der Waals surface area contributed by atoms with E-state index in [1.165, 1.54) is 44.0 Å². The van der Waals surface area contributed by atoms with E-state index in [1.54, 1.807) is 6.07 Å². The van der Waals surface area contributed by atoms with E-state index in [2.05, 4.69) is 30.9 Å². The molecule has 0 aliphatic heterocycles. The zero-order valence-corrected chi connectivity index (χ0v) is 15.3. The summed E-state index contributed by atoms with van der Waals surface area (Å²) in [4.78, 5) is 36.6. The van der Waals surface area contributed by atoms with Gasteiger partial charge in [-0.1, -0.05) is 17.7 Å². The number of amides is 2. The fourth-order valence-electron chi connectivity index (χ4n) is 2.34. The molecule has 142 valence electrons. The molecule has 0 aliphatic rings. The number of nitrogens with one attached hydrogen (secondary N) is 3. The second-order valence-corrected chi connectivity index (χ2v) is 5.87. The van der Waals surface area contributed by atoms with Gasteiger partial charge in [-0.3, -0.25) is 9.59 Å². The average molecular weight is 401 g/mol. The maximum atomic E-state index is 14.0. The Balaban J connectivity index is 1.95. The van der Waals surface area contributed by atoms with Crippen molar-refractivity contribution in [2.75, 3.05) is 17.7 Å². The molecule has 3 rings (SSSR count). The highest BCUT2D eigenvalue weighted by Gasteiger charge is 2.19. The molecule has 0 unspecified atom stereocenters. The minimum atomic E-state index is -0.799. The standard InChI is InChI=1S/C18H14ClFN6O2/c1-21-17(27)10-8-23-15(26-14-5-6-22-9-24-14)7-13(10)25-18(28)16-11(19)3-2-4-12(16)20/h2-9H,1H3,(H,21,27)(H2,22,23,24,25,26,28). The maximum absolute atomic E-state index is 14.0. The highest BCUT2D eigenvalue weighted by molar-refractivity contribution is 6.34. The van der Waals surface area contributed by atoms with Crippen molar-refractivity contribution < 1.29 is 14.0 Å². The molecule has 2 aromatic heterocycles. The summed E-state index contributed by atoms with van der Waals surface area (Å²) in [7, 11) is 1.44. The smallest absolute Gasteiger partial charge is 0.260 e. The van der Waals surface area contributed by atoms with E-state index in [9.17, 15) is 14.0 Å². The highest BCUT2D eigenvalue weighted by atomic mass is 35.5. The summed E-state index contributed by atoms with van der Waals surface area (Å²) >= 11 is 5.94. The molecule has 3 N–H and O–H groups in total. The molecule has 8 nitrogen and oxygen atoms in total. The number of pyridine rings is 1. The van der Waals surface area contributed by atoms with E-state index in [-0.39, 0.29) is 21.8 Å². The zero-order chi connectivity index (χ0) is 20.1. The number of nitrogens with zero attached hydrogens (tertiary/aromatic N) is 3. The molecule has 2 heterocycles. The molecule has 0 fully saturated rings. The molecule has 0 saturated heterocycles. The van der Waals surface area contributed by atoms with E-state index < -0.39 is 17.6 Å². The lowest BCUT2D eigenvalue weighted by molar-refractivity contribution is 0.0963. The van der Waals surface area contributed by atoms with Crippen molar-refractivity contribution >= 4 is 40.7 Å². The first kappa shape index (κ1) is 19.2. The van der Waals surface area contributed by atoms with Crippen LogP contribution in [0, 0.1) is 5.82 Å². The first-order valence-electron chi connectivity index (χ1n) is 8.00. The van der Waals surface area contributed by atoms with E-state index in [4.69, 9.17) is 11.6 Å². The Labute approximate surface area is 164 Å². The molecule has 1 aromatic carbocycles. The Hall–Kier alpha value is -3.59. The van der Waals surface area contributed by atoms with Gasteiger partial charge >= 0.3 is 0 Å². The number of hydrogen-bond donors (Lipinski definition) is 3. The SMILES string of the molecule is CNC(=O)c1cnc(Nc2ccncn2)cc1NC(=O)c1c(F)cccc1Cl. The van der Waals surface area contributed by atoms with Crippen LogP contribution in [0.3, 0.4) is 0 Å². The van der Waals surface area contributed by atoms with Gasteiger partial charge in [0.05, 0.1) is 21.8 Å². The summed E-state index contributed by atoms with van der Waals surface area (Å²) in [5.41, 5.74) is -0.110. The number of carbonyl (C=O) groups excluding carboxylic acids is 2. The number of halogens is 2. The Kier molecular flexibility index (Phi) is 5.75. The Morgan fingerprint density at radius 2 is 1.93 bits per heavy atom. The lowest BCUT2D eigenvalue weighted by atomic mass is 10.1. The van der Waals surface area contributed by atoms with Crippen LogP contribution in [0.15, 0.2) is 49.1 Å². The third kappa shape index (κ3) is 4.21. The topological polar surface area (TPSA) is 109 Å². The van der Waals surface area contributed by atoms with Crippen LogP contribution in [0.25, 0.3) is 0 Å². The molecule has 0 radical (unpaired) electrons. The van der Waals surface area contributed by atoms with Gasteiger partial charge in [-0.25, -0.2) is 19.3 Å². The molecule has 0 bridgehead atoms. The van der Waals surface area contributed by atoms with Crippen molar-refractivity contribution in [2.45, 2.75) is 0 Å². The lowest BCUT2D eigenvalue weighted by Crippen LogP contribution is -2.22. The van der Waals surface area contributed by atoms with Crippen molar-refractivity contribution in [3.8, 4) is 0 Å². The zero-order valence-electron chi connectivity index (χ0n) is 14.5. The number of carbonyl (C=O) groups is 2. The lowest BCUT2D eigenvalue weighted by Gasteiger charge is -2.13. The summed E-state index contributed by atoms with van der Waals surface area (Å²) < 4.78 is 14.0. The predicted molar refractivity (Wildman–Crippen MR) is 102 cm³/mol. The van der Waals surface area contributed by atoms with Crippen molar-refractivity contribution in [1.29, 1.82) is 0 Å². The van der Waals surface area contributed by atoms with E-state index in [0.717, 1.165) is 6.07 Å². The maximum Gasteiger partial charge on any atom is 0.260 e. The van der Waals surface area contributed by atoms with Gasteiger partial charge in [0.15, 0.2) is 0 Å². The number of hydrogen-bond acceptors (Lipinski definition) is 6. The quantitative estimate of drug-likeness (QED) is 0.607. The summed E-state index contributed by atoms with van der Waals surface area (Å²) in [6.07, 6.45) is 4.17. The number of aromatic nitrogens is 3. The Bertz CT molecular complexity index is 1010. The molecule has 0 aliphatic carbocycles. The van der Waals surface area contributed by atoms with Crippen molar-refractivity contribution in [3.63, 3.8) is 0 Å². The Morgan fingerprint density at radius 3 is 2.61 bits per heavy atom. The van der Waals surface area contributed by atoms with E-state index >= 15 is 0 Å². The van der Waals surface area contributed by atoms with Crippen LogP contribution < -0.4 is 16.0 Å². The van der Waals surface area contributed by atoms with Crippen molar-refractivity contribution in [3.05, 3.63) is 71.0 Å². The van der Waals surface area contributed by atoms with Gasteiger partial charge in [0.2, 0.25) is 0 Å². The van der Waals surface area contributed by atoms with Crippen LogP contribution in [0.2, 0.25) is 5.02 Å². The molecule has 0 saturated carbocycles. The summed E-state index contributed by atoms with van der Waals surface area (Å²) in [6, 6.07) is 6.95. The molecular weight excluding hydrogens is 387 g/mol. The van der Waals surface area contributed by atoms with Crippen LogP contribution in [0.1, 0.15) is 20.7 Å². The van der Waals surface area contributed by atoms with Gasteiger partial charge in [0.25, 0.3) is 11.8 Å². The van der Waals surface area contributed by atoms with Gasteiger partial charge in [0, 0.05) is 25.5 Å². The molecule has 0 atom stereocenters. The van der Waals surface area contributed by atoms with Gasteiger partial charge in [-0.2, -0.15) is 0 Å². The number of anilines is 3. The van der Waals surface area contributed by atoms with Crippen LogP contribution in [-0.4, -0.2) is 33.8 Å². The van der Waals surface area contributed by atoms with Crippen LogP contribution in [0.5, 0.6) is 0 Å². The van der Waals surface area contributed by atoms with E-state index in [1.807, 2.05) is 0 Å². The first-order chi connectivity index (χ1) is 13.5. The van der Waals surface area contributed by atoms with Crippen molar-refractivity contribution in [1.82, 2.24) is 20.3 Å². The molecule has 0 spiro atoms. The third-order valence-electron chi connectivity index (χ3n) is 3.65. The normalized spacial score (nSPS) is 10.2. The molecule has 3 aromatic rings. The fourth-order valence-corrected chi connectivity index (χ4v) is 2.59. The molecule has 10 heteroatoms. The summed E-state index contributed by atoms with van der Waals surface area (Å²) in [5, 5.41) is 7.84. The van der Waals surface area contributed by atoms with Gasteiger partial charge in [-0.05, 0) is 18.2 Å². The third-order valence-corrected chi connectivity index (χ3v) is 3.97. The van der Waals surface area contributed by atoms with Crippen LogP contribution in [0.4, 0.5) is 21.7 Å². The minimum Gasteiger partial charge on any atom is -0.355 e. The van der Waals surface area contributed by atoms with Crippen LogP contribution in [-0.2, 0) is 0 Å². The van der Waals surface area contributed by atoms with Crippen LogP contribution >= 0.6 is 11.6 Å². The number of benzene rings is 1. The largest absolute Gasteiger partial charge is 0.355 e. The van der Waals surface area contributed by atoms with Crippen molar-refractivity contribution in [2.24, 2.45) is 0 Å².